The number of rotatable bonds is 8. The molecule has 0 aromatic heterocycles. The average molecular weight is 460 g/mol. The lowest BCUT2D eigenvalue weighted by molar-refractivity contribution is -0.119. The molecule has 0 bridgehead atoms. The van der Waals surface area contributed by atoms with Crippen molar-refractivity contribution in [3.05, 3.63) is 35.4 Å². The maximum Gasteiger partial charge on any atom is 0.241 e. The van der Waals surface area contributed by atoms with Crippen LogP contribution in [0.2, 0.25) is 0 Å². The zero-order valence-electron chi connectivity index (χ0n) is 16.1. The third-order valence-corrected chi connectivity index (χ3v) is 3.58. The second-order valence-electron chi connectivity index (χ2n) is 6.35. The number of carbonyl (C=O) groups is 1. The standard InChI is InChI=1S/C19H32N4O.HI/c1-6-20-18(24)13-22-19(21-7-2)23-15(5)17-10-8-16(9-11-17)12-14(3)4;/h8-11,14-15H,6-7,12-13H2,1-5H3,(H,20,24)(H2,21,22,23);1H. The number of nitrogens with one attached hydrogen (secondary N) is 3. The molecule has 0 saturated heterocycles. The van der Waals surface area contributed by atoms with Gasteiger partial charge in [0.1, 0.15) is 6.54 Å². The topological polar surface area (TPSA) is 65.5 Å². The predicted octanol–water partition coefficient (Wildman–Crippen LogP) is 3.26. The summed E-state index contributed by atoms with van der Waals surface area (Å²) in [5.74, 6) is 1.25. The number of hydrogen-bond acceptors (Lipinski definition) is 2. The number of carbonyl (C=O) groups excluding carboxylic acids is 1. The number of aliphatic imine (C=N–C) groups is 1. The highest BCUT2D eigenvalue weighted by atomic mass is 127. The maximum atomic E-state index is 11.6. The van der Waals surface area contributed by atoms with Crippen molar-refractivity contribution in [1.82, 2.24) is 16.0 Å². The first-order valence-electron chi connectivity index (χ1n) is 8.86. The van der Waals surface area contributed by atoms with E-state index in [1.54, 1.807) is 0 Å². The Bertz CT molecular complexity index is 529. The largest absolute Gasteiger partial charge is 0.357 e. The molecule has 142 valence electrons. The molecule has 0 spiro atoms. The molecule has 1 amide bonds. The first-order chi connectivity index (χ1) is 11.5. The van der Waals surface area contributed by atoms with Gasteiger partial charge in [0.15, 0.2) is 5.96 Å². The fraction of sp³-hybridized carbons (Fsp3) is 0.579. The molecule has 1 atom stereocenters. The van der Waals surface area contributed by atoms with Crippen LogP contribution in [0.5, 0.6) is 0 Å². The number of guanidine groups is 1. The minimum Gasteiger partial charge on any atom is -0.357 e. The summed E-state index contributed by atoms with van der Waals surface area (Å²) >= 11 is 0. The van der Waals surface area contributed by atoms with Crippen LogP contribution in [0.4, 0.5) is 0 Å². The molecule has 0 aliphatic heterocycles. The van der Waals surface area contributed by atoms with Gasteiger partial charge in [0, 0.05) is 13.1 Å². The van der Waals surface area contributed by atoms with E-state index in [0.717, 1.165) is 13.0 Å². The zero-order chi connectivity index (χ0) is 17.9. The number of amides is 1. The third kappa shape index (κ3) is 9.67. The van der Waals surface area contributed by atoms with Crippen LogP contribution in [0.25, 0.3) is 0 Å². The summed E-state index contributed by atoms with van der Waals surface area (Å²) in [6, 6.07) is 8.80. The molecule has 1 aromatic carbocycles. The molecule has 6 heteroatoms. The van der Waals surface area contributed by atoms with Crippen molar-refractivity contribution in [3.63, 3.8) is 0 Å². The van der Waals surface area contributed by atoms with E-state index in [0.29, 0.717) is 18.4 Å². The monoisotopic (exact) mass is 460 g/mol. The molecular formula is C19H33IN4O. The highest BCUT2D eigenvalue weighted by molar-refractivity contribution is 14.0. The Labute approximate surface area is 169 Å². The molecule has 1 aromatic rings. The van der Waals surface area contributed by atoms with Gasteiger partial charge >= 0.3 is 0 Å². The van der Waals surface area contributed by atoms with E-state index in [1.165, 1.54) is 11.1 Å². The Balaban J connectivity index is 0.00000576. The van der Waals surface area contributed by atoms with E-state index < -0.39 is 0 Å². The maximum absolute atomic E-state index is 11.6. The van der Waals surface area contributed by atoms with Crippen molar-refractivity contribution < 1.29 is 4.79 Å². The van der Waals surface area contributed by atoms with Gasteiger partial charge in [0.2, 0.25) is 5.91 Å². The summed E-state index contributed by atoms with van der Waals surface area (Å²) in [5.41, 5.74) is 2.56. The number of halogens is 1. The van der Waals surface area contributed by atoms with E-state index in [2.05, 4.69) is 66.0 Å². The lowest BCUT2D eigenvalue weighted by Crippen LogP contribution is -2.39. The average Bonchev–Trinajstić information content (AvgIpc) is 2.53. The normalized spacial score (nSPS) is 12.3. The van der Waals surface area contributed by atoms with Crippen molar-refractivity contribution in [2.45, 2.75) is 47.1 Å². The van der Waals surface area contributed by atoms with Gasteiger partial charge in [-0.2, -0.15) is 0 Å². The molecule has 0 heterocycles. The summed E-state index contributed by atoms with van der Waals surface area (Å²) in [6.07, 6.45) is 1.10. The number of likely N-dealkylation sites (N-methyl/N-ethyl adjacent to an activating group) is 1. The highest BCUT2D eigenvalue weighted by Gasteiger charge is 2.09. The van der Waals surface area contributed by atoms with Crippen LogP contribution in [0, 0.1) is 5.92 Å². The second kappa shape index (κ2) is 13.0. The molecule has 3 N–H and O–H groups in total. The molecule has 5 nitrogen and oxygen atoms in total. The molecule has 0 saturated carbocycles. The van der Waals surface area contributed by atoms with Crippen molar-refractivity contribution >= 4 is 35.8 Å². The predicted molar refractivity (Wildman–Crippen MR) is 117 cm³/mol. The van der Waals surface area contributed by atoms with Gasteiger partial charge in [-0.3, -0.25) is 4.79 Å². The summed E-state index contributed by atoms with van der Waals surface area (Å²) in [7, 11) is 0. The first kappa shape index (κ1) is 23.7. The van der Waals surface area contributed by atoms with Crippen LogP contribution in [0.1, 0.15) is 51.8 Å². The first-order valence-corrected chi connectivity index (χ1v) is 8.86. The Hall–Kier alpha value is -1.31. The van der Waals surface area contributed by atoms with Crippen molar-refractivity contribution in [2.75, 3.05) is 19.6 Å². The van der Waals surface area contributed by atoms with Crippen LogP contribution in [-0.2, 0) is 11.2 Å². The van der Waals surface area contributed by atoms with Gasteiger partial charge in [0.25, 0.3) is 0 Å². The Morgan fingerprint density at radius 1 is 1.04 bits per heavy atom. The summed E-state index contributed by atoms with van der Waals surface area (Å²) in [6.45, 7) is 12.0. The molecule has 0 aliphatic rings. The van der Waals surface area contributed by atoms with E-state index in [9.17, 15) is 4.79 Å². The molecule has 0 radical (unpaired) electrons. The minimum absolute atomic E-state index is 0. The molecular weight excluding hydrogens is 427 g/mol. The highest BCUT2D eigenvalue weighted by Crippen LogP contribution is 2.15. The van der Waals surface area contributed by atoms with Crippen LogP contribution < -0.4 is 16.0 Å². The number of nitrogens with zero attached hydrogens (tertiary/aromatic N) is 1. The second-order valence-corrected chi connectivity index (χ2v) is 6.35. The molecule has 25 heavy (non-hydrogen) atoms. The SMILES string of the molecule is CCNC(=O)CN=C(NCC)NC(C)c1ccc(CC(C)C)cc1.I. The lowest BCUT2D eigenvalue weighted by Gasteiger charge is -2.18. The fourth-order valence-electron chi connectivity index (χ4n) is 2.43. The zero-order valence-corrected chi connectivity index (χ0v) is 18.4. The summed E-state index contributed by atoms with van der Waals surface area (Å²) in [4.78, 5) is 15.9. The van der Waals surface area contributed by atoms with E-state index in [-0.39, 0.29) is 42.5 Å². The van der Waals surface area contributed by atoms with Crippen LogP contribution in [0.15, 0.2) is 29.3 Å². The number of benzene rings is 1. The van der Waals surface area contributed by atoms with Gasteiger partial charge in [-0.25, -0.2) is 4.99 Å². The summed E-state index contributed by atoms with van der Waals surface area (Å²) in [5, 5.41) is 9.28. The van der Waals surface area contributed by atoms with Crippen LogP contribution in [0.3, 0.4) is 0 Å². The van der Waals surface area contributed by atoms with Gasteiger partial charge in [-0.1, -0.05) is 38.1 Å². The van der Waals surface area contributed by atoms with Crippen LogP contribution in [-0.4, -0.2) is 31.5 Å². The Morgan fingerprint density at radius 2 is 1.64 bits per heavy atom. The van der Waals surface area contributed by atoms with Gasteiger partial charge in [0.05, 0.1) is 6.04 Å². The smallest absolute Gasteiger partial charge is 0.241 e. The van der Waals surface area contributed by atoms with Crippen LogP contribution >= 0.6 is 24.0 Å². The Morgan fingerprint density at radius 3 is 2.16 bits per heavy atom. The van der Waals surface area contributed by atoms with Crippen molar-refractivity contribution in [2.24, 2.45) is 10.9 Å². The van der Waals surface area contributed by atoms with Crippen molar-refractivity contribution in [3.8, 4) is 0 Å². The van der Waals surface area contributed by atoms with E-state index >= 15 is 0 Å². The quantitative estimate of drug-likeness (QED) is 0.317. The molecule has 1 unspecified atom stereocenters. The summed E-state index contributed by atoms with van der Waals surface area (Å²) < 4.78 is 0. The van der Waals surface area contributed by atoms with Gasteiger partial charge in [-0.05, 0) is 44.2 Å². The third-order valence-electron chi connectivity index (χ3n) is 3.58. The van der Waals surface area contributed by atoms with E-state index in [1.807, 2.05) is 13.8 Å². The molecule has 0 aliphatic carbocycles. The lowest BCUT2D eigenvalue weighted by atomic mass is 10.00. The molecule has 0 fully saturated rings. The fourth-order valence-corrected chi connectivity index (χ4v) is 2.43. The van der Waals surface area contributed by atoms with Crippen molar-refractivity contribution in [1.29, 1.82) is 0 Å². The van der Waals surface area contributed by atoms with Gasteiger partial charge in [-0.15, -0.1) is 24.0 Å². The van der Waals surface area contributed by atoms with Gasteiger partial charge < -0.3 is 16.0 Å². The molecule has 1 rings (SSSR count). The van der Waals surface area contributed by atoms with E-state index in [4.69, 9.17) is 0 Å². The minimum atomic E-state index is -0.0691. The Kier molecular flexibility index (Phi) is 12.3. The number of hydrogen-bond donors (Lipinski definition) is 3.